The van der Waals surface area contributed by atoms with Crippen LogP contribution in [0, 0.1) is 0 Å². The molecule has 0 heterocycles. The summed E-state index contributed by atoms with van der Waals surface area (Å²) < 4.78 is 5.19. The van der Waals surface area contributed by atoms with Gasteiger partial charge in [-0.1, -0.05) is 24.3 Å². The number of hydrogen-bond donors (Lipinski definition) is 4. The molecule has 5 N–H and O–H groups in total. The predicted molar refractivity (Wildman–Crippen MR) is 88.7 cm³/mol. The van der Waals surface area contributed by atoms with E-state index in [1.54, 1.807) is 31.4 Å². The van der Waals surface area contributed by atoms with Gasteiger partial charge in [-0.15, -0.1) is 0 Å². The molecule has 0 bridgehead atoms. The van der Waals surface area contributed by atoms with Crippen LogP contribution in [0.2, 0.25) is 0 Å². The molecule has 2 rings (SSSR count). The number of ether oxygens (including phenoxy) is 1. The van der Waals surface area contributed by atoms with Gasteiger partial charge in [0.2, 0.25) is 0 Å². The first-order chi connectivity index (χ1) is 11.6. The highest BCUT2D eigenvalue weighted by molar-refractivity contribution is 5.97. The maximum absolute atomic E-state index is 12.1. The van der Waals surface area contributed by atoms with Gasteiger partial charge in [0.25, 0.3) is 11.8 Å². The molecule has 126 valence electrons. The zero-order valence-electron chi connectivity index (χ0n) is 13.2. The average Bonchev–Trinajstić information content (AvgIpc) is 2.65. The Bertz CT molecular complexity index is 716. The number of methoxy groups -OCH3 is 1. The van der Waals surface area contributed by atoms with Crippen LogP contribution < -0.4 is 21.3 Å². The summed E-state index contributed by atoms with van der Waals surface area (Å²) in [4.78, 5) is 23.5. The fourth-order valence-corrected chi connectivity index (χ4v) is 2.17. The van der Waals surface area contributed by atoms with Crippen LogP contribution >= 0.6 is 0 Å². The quantitative estimate of drug-likeness (QED) is 0.465. The van der Waals surface area contributed by atoms with Crippen LogP contribution in [0.1, 0.15) is 10.4 Å². The molecule has 0 radical (unpaired) electrons. The van der Waals surface area contributed by atoms with E-state index in [2.05, 4.69) is 5.32 Å². The second kappa shape index (κ2) is 8.09. The summed E-state index contributed by atoms with van der Waals surface area (Å²) >= 11 is 0. The minimum absolute atomic E-state index is 0.125. The van der Waals surface area contributed by atoms with E-state index in [0.717, 1.165) is 16.9 Å². The van der Waals surface area contributed by atoms with Crippen LogP contribution in [-0.2, 0) is 4.79 Å². The van der Waals surface area contributed by atoms with Crippen LogP contribution in [0.5, 0.6) is 5.75 Å². The maximum Gasteiger partial charge on any atom is 0.267 e. The Morgan fingerprint density at radius 1 is 1.17 bits per heavy atom. The monoisotopic (exact) mass is 329 g/mol. The second-order valence-electron chi connectivity index (χ2n) is 5.05. The van der Waals surface area contributed by atoms with Gasteiger partial charge in [-0.3, -0.25) is 14.8 Å². The molecule has 0 aliphatic rings. The van der Waals surface area contributed by atoms with Crippen LogP contribution in [0.4, 0.5) is 0 Å². The van der Waals surface area contributed by atoms with Gasteiger partial charge in [0.1, 0.15) is 11.8 Å². The molecule has 0 unspecified atom stereocenters. The van der Waals surface area contributed by atoms with Gasteiger partial charge in [-0.25, -0.2) is 5.48 Å². The van der Waals surface area contributed by atoms with Crippen molar-refractivity contribution in [2.45, 2.75) is 6.04 Å². The van der Waals surface area contributed by atoms with Gasteiger partial charge in [0, 0.05) is 12.1 Å². The number of hydroxylamine groups is 1. The first-order valence-corrected chi connectivity index (χ1v) is 7.28. The van der Waals surface area contributed by atoms with E-state index in [9.17, 15) is 9.59 Å². The van der Waals surface area contributed by atoms with Gasteiger partial charge in [-0.05, 0) is 35.4 Å². The minimum Gasteiger partial charge on any atom is -0.497 e. The van der Waals surface area contributed by atoms with E-state index in [4.69, 9.17) is 15.7 Å². The lowest BCUT2D eigenvalue weighted by Gasteiger charge is -2.14. The molecule has 0 aliphatic heterocycles. The molecule has 0 saturated heterocycles. The number of nitrogens with one attached hydrogen (secondary N) is 2. The fraction of sp³-hybridized carbons (Fsp3) is 0.176. The Kier molecular flexibility index (Phi) is 5.89. The van der Waals surface area contributed by atoms with Crippen LogP contribution in [0.15, 0.2) is 48.5 Å². The molecule has 7 heteroatoms. The third-order valence-electron chi connectivity index (χ3n) is 3.52. The second-order valence-corrected chi connectivity index (χ2v) is 5.05. The predicted octanol–water partition coefficient (Wildman–Crippen LogP) is 0.925. The van der Waals surface area contributed by atoms with Gasteiger partial charge in [0.15, 0.2) is 0 Å². The van der Waals surface area contributed by atoms with Crippen molar-refractivity contribution < 1.29 is 19.5 Å². The van der Waals surface area contributed by atoms with Gasteiger partial charge < -0.3 is 15.8 Å². The largest absolute Gasteiger partial charge is 0.497 e. The van der Waals surface area contributed by atoms with Crippen molar-refractivity contribution in [2.24, 2.45) is 5.73 Å². The highest BCUT2D eigenvalue weighted by Gasteiger charge is 2.19. The molecule has 24 heavy (non-hydrogen) atoms. The molecule has 2 amide bonds. The van der Waals surface area contributed by atoms with Crippen molar-refractivity contribution >= 4 is 11.8 Å². The molecule has 2 aromatic carbocycles. The normalized spacial score (nSPS) is 11.5. The van der Waals surface area contributed by atoms with Gasteiger partial charge in [-0.2, -0.15) is 0 Å². The Morgan fingerprint density at radius 2 is 1.88 bits per heavy atom. The zero-order valence-corrected chi connectivity index (χ0v) is 13.2. The van der Waals surface area contributed by atoms with Crippen molar-refractivity contribution in [2.75, 3.05) is 13.7 Å². The van der Waals surface area contributed by atoms with Crippen LogP contribution in [0.3, 0.4) is 0 Å². The summed E-state index contributed by atoms with van der Waals surface area (Å²) in [7, 11) is 1.60. The standard InChI is InChI=1S/C17H19N3O4/c1-24-14-4-2-3-13(9-14)11-5-7-12(8-6-11)16(21)19-15(10-18)17(22)20-23/h2-9,15,23H,10,18H2,1H3,(H,19,21)(H,20,22)/t15-/m0/s1. The third kappa shape index (κ3) is 4.09. The number of carbonyl (C=O) groups excluding carboxylic acids is 2. The molecule has 2 aromatic rings. The number of benzene rings is 2. The van der Waals surface area contributed by atoms with E-state index in [-0.39, 0.29) is 6.54 Å². The van der Waals surface area contributed by atoms with E-state index >= 15 is 0 Å². The summed E-state index contributed by atoms with van der Waals surface area (Å²) in [6, 6.07) is 13.5. The summed E-state index contributed by atoms with van der Waals surface area (Å²) in [5, 5.41) is 11.1. The van der Waals surface area contributed by atoms with Crippen LogP contribution in [-0.4, -0.2) is 36.7 Å². The van der Waals surface area contributed by atoms with E-state index in [1.165, 1.54) is 5.48 Å². The van der Waals surface area contributed by atoms with Crippen molar-refractivity contribution in [1.82, 2.24) is 10.8 Å². The molecule has 0 fully saturated rings. The molecule has 0 saturated carbocycles. The summed E-state index contributed by atoms with van der Waals surface area (Å²) in [5.74, 6) is -0.472. The fourth-order valence-electron chi connectivity index (χ4n) is 2.17. The highest BCUT2D eigenvalue weighted by atomic mass is 16.5. The number of rotatable bonds is 6. The van der Waals surface area contributed by atoms with Crippen molar-refractivity contribution in [3.63, 3.8) is 0 Å². The Hall–Kier alpha value is -2.90. The molecular formula is C17H19N3O4. The maximum atomic E-state index is 12.1. The average molecular weight is 329 g/mol. The van der Waals surface area contributed by atoms with E-state index in [1.807, 2.05) is 24.3 Å². The molecule has 0 aliphatic carbocycles. The Labute approximate surface area is 139 Å². The number of carbonyl (C=O) groups is 2. The molecule has 1 atom stereocenters. The Balaban J connectivity index is 2.13. The minimum atomic E-state index is -0.999. The van der Waals surface area contributed by atoms with Crippen molar-refractivity contribution in [3.8, 4) is 16.9 Å². The topological polar surface area (TPSA) is 114 Å². The molecule has 0 spiro atoms. The van der Waals surface area contributed by atoms with E-state index in [0.29, 0.717) is 5.56 Å². The smallest absolute Gasteiger partial charge is 0.267 e. The summed E-state index contributed by atoms with van der Waals surface area (Å²) in [6.07, 6.45) is 0. The SMILES string of the molecule is COc1cccc(-c2ccc(C(=O)N[C@@H](CN)C(=O)NO)cc2)c1. The molecular weight excluding hydrogens is 310 g/mol. The molecule has 7 nitrogen and oxygen atoms in total. The number of amides is 2. The third-order valence-corrected chi connectivity index (χ3v) is 3.52. The summed E-state index contributed by atoms with van der Waals surface area (Å²) in [5.41, 5.74) is 9.14. The lowest BCUT2D eigenvalue weighted by atomic mass is 10.0. The lowest BCUT2D eigenvalue weighted by Crippen LogP contribution is -2.50. The number of nitrogens with two attached hydrogens (primary N) is 1. The van der Waals surface area contributed by atoms with Crippen molar-refractivity contribution in [1.29, 1.82) is 0 Å². The Morgan fingerprint density at radius 3 is 2.46 bits per heavy atom. The first-order valence-electron chi connectivity index (χ1n) is 7.28. The van der Waals surface area contributed by atoms with Crippen molar-refractivity contribution in [3.05, 3.63) is 54.1 Å². The lowest BCUT2D eigenvalue weighted by molar-refractivity contribution is -0.130. The zero-order chi connectivity index (χ0) is 17.5. The highest BCUT2D eigenvalue weighted by Crippen LogP contribution is 2.24. The summed E-state index contributed by atoms with van der Waals surface area (Å²) in [6.45, 7) is -0.125. The van der Waals surface area contributed by atoms with Gasteiger partial charge in [0.05, 0.1) is 7.11 Å². The van der Waals surface area contributed by atoms with Gasteiger partial charge >= 0.3 is 0 Å². The van der Waals surface area contributed by atoms with E-state index < -0.39 is 17.9 Å². The van der Waals surface area contributed by atoms with Crippen LogP contribution in [0.25, 0.3) is 11.1 Å². The number of hydrogen-bond acceptors (Lipinski definition) is 5. The molecule has 0 aromatic heterocycles. The first kappa shape index (κ1) is 17.5.